The predicted octanol–water partition coefficient (Wildman–Crippen LogP) is 1.81. The van der Waals surface area contributed by atoms with Gasteiger partial charge < -0.3 is 5.11 Å². The molecule has 0 heterocycles. The quantitative estimate of drug-likeness (QED) is 0.892. The molecule has 1 aromatic rings. The van der Waals surface area contributed by atoms with Crippen molar-refractivity contribution < 1.29 is 13.5 Å². The monoisotopic (exact) mass is 255 g/mol. The van der Waals surface area contributed by atoms with E-state index in [0.29, 0.717) is 12.5 Å². The number of aromatic hydroxyl groups is 1. The molecule has 1 saturated carbocycles. The fourth-order valence-corrected chi connectivity index (χ4v) is 3.25. The molecule has 94 valence electrons. The van der Waals surface area contributed by atoms with Crippen molar-refractivity contribution in [1.82, 2.24) is 4.31 Å². The van der Waals surface area contributed by atoms with Gasteiger partial charge in [0.2, 0.25) is 10.0 Å². The lowest BCUT2D eigenvalue weighted by atomic mass is 9.86. The van der Waals surface area contributed by atoms with Crippen LogP contribution >= 0.6 is 0 Å². The number of benzene rings is 1. The standard InChI is InChI=1S/C12H17NO3S/c1-13(9-10-4-2-5-10)17(15,16)12-7-3-6-11(14)8-12/h3,6-8,10,14H,2,4-5,9H2,1H3. The summed E-state index contributed by atoms with van der Waals surface area (Å²) in [6.07, 6.45) is 3.42. The van der Waals surface area contributed by atoms with Gasteiger partial charge in [-0.25, -0.2) is 12.7 Å². The van der Waals surface area contributed by atoms with Gasteiger partial charge in [0.25, 0.3) is 0 Å². The number of rotatable bonds is 4. The van der Waals surface area contributed by atoms with Crippen LogP contribution in [0.25, 0.3) is 0 Å². The van der Waals surface area contributed by atoms with E-state index < -0.39 is 10.0 Å². The van der Waals surface area contributed by atoms with Gasteiger partial charge in [-0.05, 0) is 37.0 Å². The Bertz CT molecular complexity index is 494. The highest BCUT2D eigenvalue weighted by Crippen LogP contribution is 2.28. The largest absolute Gasteiger partial charge is 0.508 e. The first kappa shape index (κ1) is 12.4. The van der Waals surface area contributed by atoms with Crippen molar-refractivity contribution >= 4 is 10.0 Å². The van der Waals surface area contributed by atoms with Crippen molar-refractivity contribution in [2.45, 2.75) is 24.2 Å². The summed E-state index contributed by atoms with van der Waals surface area (Å²) in [6, 6.07) is 5.79. The van der Waals surface area contributed by atoms with Gasteiger partial charge >= 0.3 is 0 Å². The highest BCUT2D eigenvalue weighted by Gasteiger charge is 2.26. The van der Waals surface area contributed by atoms with Crippen molar-refractivity contribution in [2.24, 2.45) is 5.92 Å². The van der Waals surface area contributed by atoms with Gasteiger partial charge in [0.1, 0.15) is 5.75 Å². The van der Waals surface area contributed by atoms with Crippen LogP contribution in [0.2, 0.25) is 0 Å². The predicted molar refractivity (Wildman–Crippen MR) is 65.3 cm³/mol. The fraction of sp³-hybridized carbons (Fsp3) is 0.500. The van der Waals surface area contributed by atoms with Gasteiger partial charge in [0.05, 0.1) is 4.90 Å². The van der Waals surface area contributed by atoms with Crippen LogP contribution in [0.15, 0.2) is 29.2 Å². The molecular formula is C12H17NO3S. The zero-order valence-electron chi connectivity index (χ0n) is 9.83. The topological polar surface area (TPSA) is 57.6 Å². The first-order chi connectivity index (χ1) is 8.00. The Hall–Kier alpha value is -1.07. The summed E-state index contributed by atoms with van der Waals surface area (Å²) in [5.74, 6) is 0.468. The molecule has 2 rings (SSSR count). The second-order valence-electron chi connectivity index (χ2n) is 4.58. The van der Waals surface area contributed by atoms with Crippen LogP contribution in [0.3, 0.4) is 0 Å². The van der Waals surface area contributed by atoms with E-state index in [-0.39, 0.29) is 10.6 Å². The third-order valence-electron chi connectivity index (χ3n) is 3.27. The first-order valence-corrected chi connectivity index (χ1v) is 7.19. The molecule has 0 amide bonds. The summed E-state index contributed by atoms with van der Waals surface area (Å²) < 4.78 is 25.7. The molecule has 0 radical (unpaired) electrons. The average molecular weight is 255 g/mol. The Morgan fingerprint density at radius 2 is 2.12 bits per heavy atom. The number of nitrogens with zero attached hydrogens (tertiary/aromatic N) is 1. The van der Waals surface area contributed by atoms with Crippen LogP contribution in [0.5, 0.6) is 5.75 Å². The molecule has 0 saturated heterocycles. The maximum atomic E-state index is 12.2. The molecule has 1 fully saturated rings. The van der Waals surface area contributed by atoms with Crippen molar-refractivity contribution in [1.29, 1.82) is 0 Å². The van der Waals surface area contributed by atoms with Crippen LogP contribution < -0.4 is 0 Å². The molecule has 0 aromatic heterocycles. The van der Waals surface area contributed by atoms with E-state index in [1.807, 2.05) is 0 Å². The Morgan fingerprint density at radius 3 is 2.65 bits per heavy atom. The second-order valence-corrected chi connectivity index (χ2v) is 6.62. The van der Waals surface area contributed by atoms with Crippen LogP contribution in [0.4, 0.5) is 0 Å². The van der Waals surface area contributed by atoms with Crippen LogP contribution in [-0.2, 0) is 10.0 Å². The van der Waals surface area contributed by atoms with E-state index in [4.69, 9.17) is 0 Å². The lowest BCUT2D eigenvalue weighted by molar-refractivity contribution is 0.263. The molecule has 0 spiro atoms. The van der Waals surface area contributed by atoms with E-state index in [9.17, 15) is 13.5 Å². The average Bonchev–Trinajstić information content (AvgIpc) is 2.23. The lowest BCUT2D eigenvalue weighted by Gasteiger charge is -2.29. The van der Waals surface area contributed by atoms with Gasteiger partial charge in [-0.2, -0.15) is 0 Å². The molecule has 17 heavy (non-hydrogen) atoms. The Kier molecular flexibility index (Phi) is 3.40. The van der Waals surface area contributed by atoms with Gasteiger partial charge in [0.15, 0.2) is 0 Å². The summed E-state index contributed by atoms with van der Waals surface area (Å²) in [4.78, 5) is 0.152. The van der Waals surface area contributed by atoms with Gasteiger partial charge in [-0.1, -0.05) is 12.5 Å². The highest BCUT2D eigenvalue weighted by atomic mass is 32.2. The van der Waals surface area contributed by atoms with Crippen LogP contribution in [0.1, 0.15) is 19.3 Å². The highest BCUT2D eigenvalue weighted by molar-refractivity contribution is 7.89. The molecule has 4 nitrogen and oxygen atoms in total. The number of hydrogen-bond donors (Lipinski definition) is 1. The number of phenolic OH excluding ortho intramolecular Hbond substituents is 1. The normalized spacial score (nSPS) is 17.1. The molecule has 5 heteroatoms. The summed E-state index contributed by atoms with van der Waals surface area (Å²) in [7, 11) is -1.86. The summed E-state index contributed by atoms with van der Waals surface area (Å²) in [6.45, 7) is 0.567. The summed E-state index contributed by atoms with van der Waals surface area (Å²) >= 11 is 0. The van der Waals surface area contributed by atoms with E-state index in [0.717, 1.165) is 12.8 Å². The zero-order valence-corrected chi connectivity index (χ0v) is 10.7. The summed E-state index contributed by atoms with van der Waals surface area (Å²) in [5, 5.41) is 9.31. The molecule has 1 N–H and O–H groups in total. The molecule has 1 aliphatic carbocycles. The second kappa shape index (κ2) is 4.66. The molecule has 0 unspecified atom stereocenters. The molecular weight excluding hydrogens is 238 g/mol. The van der Waals surface area contributed by atoms with Crippen molar-refractivity contribution in [3.63, 3.8) is 0 Å². The molecule has 0 atom stereocenters. The van der Waals surface area contributed by atoms with E-state index in [1.54, 1.807) is 13.1 Å². The Balaban J connectivity index is 2.16. The third kappa shape index (κ3) is 2.61. The molecule has 1 aliphatic rings. The summed E-state index contributed by atoms with van der Waals surface area (Å²) in [5.41, 5.74) is 0. The maximum absolute atomic E-state index is 12.2. The van der Waals surface area contributed by atoms with Crippen LogP contribution in [-0.4, -0.2) is 31.4 Å². The smallest absolute Gasteiger partial charge is 0.242 e. The zero-order chi connectivity index (χ0) is 12.5. The number of sulfonamides is 1. The minimum absolute atomic E-state index is 0.0249. The number of phenols is 1. The SMILES string of the molecule is CN(CC1CCC1)S(=O)(=O)c1cccc(O)c1. The maximum Gasteiger partial charge on any atom is 0.242 e. The van der Waals surface area contributed by atoms with E-state index in [2.05, 4.69) is 0 Å². The fourth-order valence-electron chi connectivity index (χ4n) is 1.96. The van der Waals surface area contributed by atoms with Crippen molar-refractivity contribution in [3.05, 3.63) is 24.3 Å². The Morgan fingerprint density at radius 1 is 1.41 bits per heavy atom. The first-order valence-electron chi connectivity index (χ1n) is 5.75. The molecule has 0 bridgehead atoms. The molecule has 1 aromatic carbocycles. The van der Waals surface area contributed by atoms with Gasteiger partial charge in [-0.3, -0.25) is 0 Å². The minimum atomic E-state index is -3.46. The minimum Gasteiger partial charge on any atom is -0.508 e. The molecule has 0 aliphatic heterocycles. The van der Waals surface area contributed by atoms with Gasteiger partial charge in [0, 0.05) is 13.6 Å². The van der Waals surface area contributed by atoms with Gasteiger partial charge in [-0.15, -0.1) is 0 Å². The van der Waals surface area contributed by atoms with E-state index >= 15 is 0 Å². The third-order valence-corrected chi connectivity index (χ3v) is 5.09. The lowest BCUT2D eigenvalue weighted by Crippen LogP contribution is -2.34. The van der Waals surface area contributed by atoms with Crippen LogP contribution in [0, 0.1) is 5.92 Å². The number of hydrogen-bond acceptors (Lipinski definition) is 3. The van der Waals surface area contributed by atoms with Crippen molar-refractivity contribution in [2.75, 3.05) is 13.6 Å². The van der Waals surface area contributed by atoms with E-state index in [1.165, 1.54) is 28.9 Å². The Labute approximate surface area is 102 Å². The van der Waals surface area contributed by atoms with Crippen molar-refractivity contribution in [3.8, 4) is 5.75 Å².